The minimum Gasteiger partial charge on any atom is -0.494 e. The number of carbonyl (C=O) groups is 2. The van der Waals surface area contributed by atoms with E-state index in [0.29, 0.717) is 66.2 Å². The summed E-state index contributed by atoms with van der Waals surface area (Å²) in [6.07, 6.45) is 7.64. The Kier molecular flexibility index (Phi) is 26.5. The number of nitrogen functional groups attached to an aromatic ring is 2. The van der Waals surface area contributed by atoms with Gasteiger partial charge in [-0.25, -0.2) is 0 Å². The average molecular weight is 1210 g/mol. The van der Waals surface area contributed by atoms with Gasteiger partial charge in [-0.3, -0.25) is 9.59 Å². The largest absolute Gasteiger partial charge is 0.494 e. The number of para-hydroxylation sites is 1. The van der Waals surface area contributed by atoms with Gasteiger partial charge < -0.3 is 50.8 Å². The van der Waals surface area contributed by atoms with Crippen LogP contribution in [0, 0.1) is 6.92 Å². The highest BCUT2D eigenvalue weighted by Crippen LogP contribution is 2.36. The van der Waals surface area contributed by atoms with Gasteiger partial charge in [-0.1, -0.05) is 106 Å². The number of nitrogens with one attached hydrogen (secondary N) is 2. The van der Waals surface area contributed by atoms with E-state index >= 15 is 0 Å². The number of nitrogens with zero attached hydrogens (tertiary/aromatic N) is 8. The lowest BCUT2D eigenvalue weighted by molar-refractivity contribution is -0.117. The van der Waals surface area contributed by atoms with Gasteiger partial charge in [0.1, 0.15) is 29.9 Å². The molecule has 2 aromatic heterocycles. The zero-order valence-corrected chi connectivity index (χ0v) is 49.6. The summed E-state index contributed by atoms with van der Waals surface area (Å²) in [7, 11) is 0. The summed E-state index contributed by atoms with van der Waals surface area (Å²) in [5.41, 5.74) is 16.6. The van der Waals surface area contributed by atoms with E-state index in [1.807, 2.05) is 134 Å². The number of hydrogen-bond donors (Lipinski definition) is 4. The molecule has 1 aliphatic rings. The van der Waals surface area contributed by atoms with Crippen LogP contribution in [0.1, 0.15) is 68.7 Å². The molecule has 3 heterocycles. The lowest BCUT2D eigenvalue weighted by Gasteiger charge is -2.23. The number of halogens is 4. The Balaban J connectivity index is 0.000000179. The van der Waals surface area contributed by atoms with Crippen LogP contribution < -0.4 is 50.8 Å². The fourth-order valence-corrected chi connectivity index (χ4v) is 8.64. The normalized spacial score (nSPS) is 10.9. The van der Waals surface area contributed by atoms with Crippen molar-refractivity contribution in [3.63, 3.8) is 0 Å². The second kappa shape index (κ2) is 34.3. The van der Waals surface area contributed by atoms with Crippen molar-refractivity contribution in [1.29, 1.82) is 0 Å². The third-order valence-electron chi connectivity index (χ3n) is 12.0. The Morgan fingerprint density at radius 3 is 1.89 bits per heavy atom. The van der Waals surface area contributed by atoms with Crippen LogP contribution in [0.25, 0.3) is 10.8 Å². The second-order valence-electron chi connectivity index (χ2n) is 18.2. The molecule has 0 unspecified atom stereocenters. The van der Waals surface area contributed by atoms with Crippen LogP contribution in [0.5, 0.6) is 23.0 Å². The molecule has 0 fully saturated rings. The molecule has 9 rings (SSSR count). The molecule has 0 bridgehead atoms. The number of fused-ring (bicyclic) bond motifs is 2. The number of aromatic nitrogens is 6. The molecule has 1 aliphatic heterocycles. The molecule has 0 radical (unpaired) electrons. The summed E-state index contributed by atoms with van der Waals surface area (Å²) >= 11 is 22.9. The molecule has 83 heavy (non-hydrogen) atoms. The first kappa shape index (κ1) is 64.0. The van der Waals surface area contributed by atoms with Crippen molar-refractivity contribution in [1.82, 2.24) is 29.9 Å². The molecule has 0 saturated heterocycles. The maximum atomic E-state index is 12.4. The number of unbranched alkanes of at least 4 members (excludes halogenated alkanes) is 4. The summed E-state index contributed by atoms with van der Waals surface area (Å²) in [5, 5.41) is 8.45. The molecule has 0 aliphatic carbocycles. The van der Waals surface area contributed by atoms with E-state index in [-0.39, 0.29) is 54.0 Å². The molecule has 6 N–H and O–H groups in total. The fourth-order valence-electron chi connectivity index (χ4n) is 8.12. The van der Waals surface area contributed by atoms with E-state index in [1.165, 1.54) is 31.1 Å². The maximum absolute atomic E-state index is 12.4. The summed E-state index contributed by atoms with van der Waals surface area (Å²) in [6.45, 7) is 12.1. The summed E-state index contributed by atoms with van der Waals surface area (Å²) < 4.78 is 21.8. The Morgan fingerprint density at radius 2 is 1.24 bits per heavy atom. The first-order chi connectivity index (χ1) is 40.4. The fraction of sp³-hybridized carbons (Fsp3) is 0.279. The SMILES string of the molecule is C=CCOc1ccccc1CN(C(=O)CCl)c1ccc2c(c1)OCO2.CCCCCCCN(C(=O)CCl)c1cccc(C)c1.CCOc1ccc(Nc2nc(N)nc(CCl)n2)cc1.Nc1nc(CCl)nc(Nc2ccc3ccccc3c2)n1. The van der Waals surface area contributed by atoms with E-state index in [0.717, 1.165) is 52.3 Å². The van der Waals surface area contributed by atoms with Crippen molar-refractivity contribution in [3.8, 4) is 23.0 Å². The number of aryl methyl sites for hydroxylation is 1. The molecular formula is C61H68Cl4N12O6. The highest BCUT2D eigenvalue weighted by Gasteiger charge is 2.22. The molecule has 8 aromatic rings. The Bertz CT molecular complexity index is 3350. The monoisotopic (exact) mass is 1200 g/mol. The van der Waals surface area contributed by atoms with Crippen molar-refractivity contribution in [2.45, 2.75) is 71.2 Å². The first-order valence-corrected chi connectivity index (χ1v) is 28.9. The van der Waals surface area contributed by atoms with Gasteiger partial charge in [0.05, 0.1) is 24.9 Å². The Hall–Kier alpha value is -8.16. The van der Waals surface area contributed by atoms with Gasteiger partial charge in [-0.2, -0.15) is 29.9 Å². The van der Waals surface area contributed by atoms with E-state index in [2.05, 4.69) is 60.1 Å². The van der Waals surface area contributed by atoms with E-state index in [4.69, 9.17) is 76.8 Å². The number of hydrogen-bond acceptors (Lipinski definition) is 16. The van der Waals surface area contributed by atoms with Crippen molar-refractivity contribution >= 4 is 116 Å². The summed E-state index contributed by atoms with van der Waals surface area (Å²) in [5.74, 6) is 4.80. The molecule has 0 spiro atoms. The lowest BCUT2D eigenvalue weighted by atomic mass is 10.1. The van der Waals surface area contributed by atoms with Gasteiger partial charge in [-0.05, 0) is 103 Å². The topological polar surface area (TPSA) is 231 Å². The summed E-state index contributed by atoms with van der Waals surface area (Å²) in [6, 6.07) is 42.6. The molecule has 0 atom stereocenters. The number of anilines is 8. The smallest absolute Gasteiger partial charge is 0.242 e. The van der Waals surface area contributed by atoms with Crippen molar-refractivity contribution in [2.75, 3.05) is 70.2 Å². The number of carbonyl (C=O) groups excluding carboxylic acids is 2. The van der Waals surface area contributed by atoms with Crippen LogP contribution >= 0.6 is 46.4 Å². The van der Waals surface area contributed by atoms with Gasteiger partial charge in [0.2, 0.25) is 42.4 Å². The molecule has 0 saturated carbocycles. The second-order valence-corrected chi connectivity index (χ2v) is 19.3. The third kappa shape index (κ3) is 20.7. The minimum absolute atomic E-state index is 0.0113. The Morgan fingerprint density at radius 1 is 0.627 bits per heavy atom. The number of alkyl halides is 4. The van der Waals surface area contributed by atoms with Crippen LogP contribution in [-0.2, 0) is 27.9 Å². The van der Waals surface area contributed by atoms with Crippen molar-refractivity contribution in [2.24, 2.45) is 0 Å². The number of rotatable bonds is 23. The number of ether oxygens (including phenoxy) is 4. The van der Waals surface area contributed by atoms with Gasteiger partial charge in [0.25, 0.3) is 0 Å². The number of benzene rings is 6. The first-order valence-electron chi connectivity index (χ1n) is 26.8. The van der Waals surface area contributed by atoms with Gasteiger partial charge in [0.15, 0.2) is 23.1 Å². The highest BCUT2D eigenvalue weighted by atomic mass is 35.5. The lowest BCUT2D eigenvalue weighted by Crippen LogP contribution is -2.32. The van der Waals surface area contributed by atoms with Crippen LogP contribution in [0.3, 0.4) is 0 Å². The van der Waals surface area contributed by atoms with Crippen LogP contribution in [0.4, 0.5) is 46.5 Å². The molecule has 2 amide bonds. The summed E-state index contributed by atoms with van der Waals surface area (Å²) in [4.78, 5) is 51.9. The van der Waals surface area contributed by atoms with Crippen molar-refractivity contribution in [3.05, 3.63) is 169 Å². The molecule has 22 heteroatoms. The molecule has 436 valence electrons. The zero-order valence-electron chi connectivity index (χ0n) is 46.6. The number of nitrogens with two attached hydrogens (primary N) is 2. The third-order valence-corrected chi connectivity index (χ3v) is 13.0. The van der Waals surface area contributed by atoms with Crippen LogP contribution in [0.15, 0.2) is 146 Å². The zero-order chi connectivity index (χ0) is 59.3. The van der Waals surface area contributed by atoms with E-state index in [1.54, 1.807) is 23.1 Å². The van der Waals surface area contributed by atoms with Gasteiger partial charge >= 0.3 is 0 Å². The maximum Gasteiger partial charge on any atom is 0.242 e. The predicted octanol–water partition coefficient (Wildman–Crippen LogP) is 13.7. The van der Waals surface area contributed by atoms with Gasteiger partial charge in [0, 0.05) is 40.9 Å². The standard InChI is InChI=1S/C19H18ClNO4.C16H24ClNO.C14H12ClN5.C12H14ClN5O/c1-2-9-23-16-6-4-3-5-14(16)12-21(19(22)11-20)15-7-8-17-18(10-15)25-13-24-17;1-3-4-5-6-7-11-18(16(19)13-17)15-10-8-9-14(2)12-15;15-8-12-18-13(16)20-14(19-12)17-11-6-5-9-3-1-2-4-10(9)7-11;1-2-19-9-5-3-8(4-6-9)15-12-17-10(7-13)16-11(14)18-12/h2-8,10H,1,9,11-13H2;8-10,12H,3-7,11,13H2,1-2H3;1-7H,8H2,(H3,16,17,18,19,20);3-6H,2,7H2,1H3,(H3,14,15,16,17,18). The Labute approximate surface area is 504 Å². The van der Waals surface area contributed by atoms with E-state index < -0.39 is 0 Å². The highest BCUT2D eigenvalue weighted by molar-refractivity contribution is 6.29. The van der Waals surface area contributed by atoms with Crippen molar-refractivity contribution < 1.29 is 28.5 Å². The molecule has 6 aromatic carbocycles. The predicted molar refractivity (Wildman–Crippen MR) is 335 cm³/mol. The van der Waals surface area contributed by atoms with Gasteiger partial charge in [-0.15, -0.1) is 46.4 Å². The average Bonchev–Trinajstić information content (AvgIpc) is 4.22. The quantitative estimate of drug-likeness (QED) is 0.0265. The molecule has 18 nitrogen and oxygen atoms in total. The van der Waals surface area contributed by atoms with Crippen LogP contribution in [0.2, 0.25) is 0 Å². The minimum atomic E-state index is -0.209. The van der Waals surface area contributed by atoms with E-state index in [9.17, 15) is 9.59 Å². The van der Waals surface area contributed by atoms with Crippen LogP contribution in [-0.4, -0.2) is 80.0 Å². The number of amides is 2. The molecular weight excluding hydrogens is 1140 g/mol.